The van der Waals surface area contributed by atoms with Gasteiger partial charge < -0.3 is 4.90 Å². The van der Waals surface area contributed by atoms with Crippen molar-refractivity contribution in [2.24, 2.45) is 5.11 Å². The Balaban J connectivity index is 2.65. The number of nitrogens with zero attached hydrogens (tertiary/aromatic N) is 2. The van der Waals surface area contributed by atoms with Crippen molar-refractivity contribution >= 4 is 11.6 Å². The van der Waals surface area contributed by atoms with E-state index in [0.29, 0.717) is 0 Å². The van der Waals surface area contributed by atoms with E-state index in [1.807, 2.05) is 38.4 Å². The number of halogens is 1. The Kier molecular flexibility index (Phi) is 4.72. The molecule has 1 aromatic rings. The first-order valence-electron chi connectivity index (χ1n) is 4.90. The van der Waals surface area contributed by atoms with Crippen LogP contribution in [0.2, 0.25) is 5.02 Å². The highest BCUT2D eigenvalue weighted by atomic mass is 35.5. The van der Waals surface area contributed by atoms with Crippen LogP contribution in [-0.2, 0) is 0 Å². The molecule has 0 fully saturated rings. The minimum absolute atomic E-state index is 0.0512. The molecule has 1 unspecified atom stereocenters. The minimum Gasteiger partial charge on any atom is -0.309 e. The molecule has 1 rings (SSSR count). The van der Waals surface area contributed by atoms with Gasteiger partial charge in [-0.15, -0.1) is 0 Å². The quantitative estimate of drug-likeness (QED) is 0.767. The zero-order chi connectivity index (χ0) is 11.3. The third-order valence-corrected chi connectivity index (χ3v) is 2.51. The molecule has 4 heteroatoms. The lowest BCUT2D eigenvalue weighted by atomic mass is 10.0. The second-order valence-electron chi connectivity index (χ2n) is 3.79. The predicted octanol–water partition coefficient (Wildman–Crippen LogP) is 3.36. The van der Waals surface area contributed by atoms with Gasteiger partial charge in [-0.05, 0) is 44.8 Å². The molecule has 1 aromatic carbocycles. The Labute approximate surface area is 95.6 Å². The molecule has 0 aliphatic heterocycles. The fraction of sp³-hybridized carbons (Fsp3) is 0.455. The monoisotopic (exact) mass is 225 g/mol. The zero-order valence-electron chi connectivity index (χ0n) is 9.07. The maximum absolute atomic E-state index is 7.17. The summed E-state index contributed by atoms with van der Waals surface area (Å²) in [6.45, 7) is 0.926. The van der Waals surface area contributed by atoms with Gasteiger partial charge in [-0.2, -0.15) is 5.11 Å². The number of hydrogen-bond donors (Lipinski definition) is 1. The summed E-state index contributed by atoms with van der Waals surface area (Å²) in [5.41, 5.74) is 8.22. The Morgan fingerprint density at radius 1 is 1.33 bits per heavy atom. The molecule has 1 N–H and O–H groups in total. The largest absolute Gasteiger partial charge is 0.309 e. The minimum atomic E-state index is -0.0512. The normalized spacial score (nSPS) is 12.8. The Morgan fingerprint density at radius 2 is 1.93 bits per heavy atom. The molecular weight excluding hydrogens is 210 g/mol. The van der Waals surface area contributed by atoms with Crippen LogP contribution in [-0.4, -0.2) is 25.5 Å². The van der Waals surface area contributed by atoms with Gasteiger partial charge in [0.1, 0.15) is 0 Å². The van der Waals surface area contributed by atoms with Gasteiger partial charge in [0.2, 0.25) is 0 Å². The summed E-state index contributed by atoms with van der Waals surface area (Å²) in [5, 5.41) is 4.36. The van der Waals surface area contributed by atoms with Crippen molar-refractivity contribution in [3.05, 3.63) is 34.9 Å². The molecule has 0 amide bonds. The summed E-state index contributed by atoms with van der Waals surface area (Å²) in [7, 11) is 4.03. The van der Waals surface area contributed by atoms with E-state index in [0.717, 1.165) is 23.6 Å². The molecule has 0 saturated heterocycles. The van der Waals surface area contributed by atoms with Crippen molar-refractivity contribution < 1.29 is 0 Å². The number of hydrogen-bond acceptors (Lipinski definition) is 3. The first kappa shape index (κ1) is 12.1. The number of benzene rings is 1. The molecule has 82 valence electrons. The van der Waals surface area contributed by atoms with Gasteiger partial charge in [0, 0.05) is 5.02 Å². The molecule has 3 nitrogen and oxygen atoms in total. The van der Waals surface area contributed by atoms with Gasteiger partial charge in [0.15, 0.2) is 0 Å². The van der Waals surface area contributed by atoms with Gasteiger partial charge in [0.05, 0.1) is 6.04 Å². The third-order valence-electron chi connectivity index (χ3n) is 2.26. The summed E-state index contributed by atoms with van der Waals surface area (Å²) in [6, 6.07) is 7.49. The molecule has 0 aliphatic rings. The van der Waals surface area contributed by atoms with Gasteiger partial charge >= 0.3 is 0 Å². The van der Waals surface area contributed by atoms with Crippen LogP contribution in [0.5, 0.6) is 0 Å². The van der Waals surface area contributed by atoms with E-state index < -0.39 is 0 Å². The van der Waals surface area contributed by atoms with E-state index in [1.54, 1.807) is 0 Å². The fourth-order valence-corrected chi connectivity index (χ4v) is 1.50. The molecule has 0 aliphatic carbocycles. The van der Waals surface area contributed by atoms with E-state index in [4.69, 9.17) is 17.1 Å². The Bertz CT molecular complexity index is 308. The lowest BCUT2D eigenvalue weighted by Gasteiger charge is -2.14. The number of nitrogens with one attached hydrogen (secondary N) is 1. The summed E-state index contributed by atoms with van der Waals surface area (Å²) < 4.78 is 0. The molecule has 0 heterocycles. The second kappa shape index (κ2) is 5.83. The van der Waals surface area contributed by atoms with E-state index in [2.05, 4.69) is 10.0 Å². The second-order valence-corrected chi connectivity index (χ2v) is 4.22. The Hall–Kier alpha value is -0.930. The van der Waals surface area contributed by atoms with Crippen molar-refractivity contribution in [3.63, 3.8) is 0 Å². The molecule has 0 aromatic heterocycles. The van der Waals surface area contributed by atoms with Crippen molar-refractivity contribution in [1.29, 1.82) is 5.53 Å². The highest BCUT2D eigenvalue weighted by Crippen LogP contribution is 2.22. The van der Waals surface area contributed by atoms with E-state index in [-0.39, 0.29) is 6.04 Å². The van der Waals surface area contributed by atoms with Crippen LogP contribution in [0.1, 0.15) is 18.0 Å². The SMILES string of the molecule is CN(C)CCC(N=N)c1ccc(Cl)cc1. The van der Waals surface area contributed by atoms with Crippen molar-refractivity contribution in [1.82, 2.24) is 4.90 Å². The van der Waals surface area contributed by atoms with Gasteiger partial charge in [-0.25, -0.2) is 5.53 Å². The lowest BCUT2D eigenvalue weighted by Crippen LogP contribution is -2.15. The molecular formula is C11H16ClN3. The van der Waals surface area contributed by atoms with Crippen LogP contribution in [0, 0.1) is 5.53 Å². The molecule has 0 spiro atoms. The van der Waals surface area contributed by atoms with Gasteiger partial charge in [-0.1, -0.05) is 23.7 Å². The van der Waals surface area contributed by atoms with Crippen LogP contribution >= 0.6 is 11.6 Å². The summed E-state index contributed by atoms with van der Waals surface area (Å²) in [5.74, 6) is 0. The number of rotatable bonds is 5. The van der Waals surface area contributed by atoms with E-state index in [9.17, 15) is 0 Å². The molecule has 1 atom stereocenters. The average molecular weight is 226 g/mol. The Morgan fingerprint density at radius 3 is 2.40 bits per heavy atom. The maximum Gasteiger partial charge on any atom is 0.0967 e. The fourth-order valence-electron chi connectivity index (χ4n) is 1.37. The summed E-state index contributed by atoms with van der Waals surface area (Å²) in [6.07, 6.45) is 0.859. The summed E-state index contributed by atoms with van der Waals surface area (Å²) >= 11 is 5.80. The summed E-state index contributed by atoms with van der Waals surface area (Å²) in [4.78, 5) is 2.09. The van der Waals surface area contributed by atoms with Crippen LogP contribution in [0.3, 0.4) is 0 Å². The van der Waals surface area contributed by atoms with Crippen molar-refractivity contribution in [2.75, 3.05) is 20.6 Å². The van der Waals surface area contributed by atoms with Gasteiger partial charge in [0.25, 0.3) is 0 Å². The average Bonchev–Trinajstić information content (AvgIpc) is 2.21. The molecule has 0 bridgehead atoms. The maximum atomic E-state index is 7.17. The van der Waals surface area contributed by atoms with Crippen molar-refractivity contribution in [3.8, 4) is 0 Å². The first-order chi connectivity index (χ1) is 7.13. The highest BCUT2D eigenvalue weighted by Gasteiger charge is 2.09. The third kappa shape index (κ3) is 3.98. The zero-order valence-corrected chi connectivity index (χ0v) is 9.83. The lowest BCUT2D eigenvalue weighted by molar-refractivity contribution is 0.379. The van der Waals surface area contributed by atoms with Gasteiger partial charge in [-0.3, -0.25) is 0 Å². The standard InChI is InChI=1S/C11H16ClN3/c1-15(2)8-7-11(14-13)9-3-5-10(12)6-4-9/h3-6,11,13H,7-8H2,1-2H3. The smallest absolute Gasteiger partial charge is 0.0967 e. The van der Waals surface area contributed by atoms with Crippen LogP contribution in [0.4, 0.5) is 0 Å². The predicted molar refractivity (Wildman–Crippen MR) is 62.5 cm³/mol. The molecule has 0 radical (unpaired) electrons. The first-order valence-corrected chi connectivity index (χ1v) is 5.28. The molecule has 15 heavy (non-hydrogen) atoms. The highest BCUT2D eigenvalue weighted by molar-refractivity contribution is 6.30. The van der Waals surface area contributed by atoms with Crippen LogP contribution in [0.15, 0.2) is 29.4 Å². The van der Waals surface area contributed by atoms with Crippen LogP contribution < -0.4 is 0 Å². The van der Waals surface area contributed by atoms with Crippen molar-refractivity contribution in [2.45, 2.75) is 12.5 Å². The van der Waals surface area contributed by atoms with E-state index in [1.165, 1.54) is 0 Å². The van der Waals surface area contributed by atoms with E-state index >= 15 is 0 Å². The van der Waals surface area contributed by atoms with Crippen LogP contribution in [0.25, 0.3) is 0 Å². The topological polar surface area (TPSA) is 39.5 Å². The molecule has 0 saturated carbocycles.